The number of nitrogens with zero attached hydrogens (tertiary/aromatic N) is 1. The molecule has 2 rings (SSSR count). The predicted molar refractivity (Wildman–Crippen MR) is 70.1 cm³/mol. The highest BCUT2D eigenvalue weighted by molar-refractivity contribution is 5.07. The van der Waals surface area contributed by atoms with Gasteiger partial charge < -0.3 is 15.2 Å². The number of hydrogen-bond acceptors (Lipinski definition) is 4. The van der Waals surface area contributed by atoms with E-state index in [1.54, 1.807) is 6.20 Å². The number of hydrogen-bond donors (Lipinski definition) is 1. The fraction of sp³-hybridized carbons (Fsp3) is 0.643. The maximum atomic E-state index is 6.10. The highest BCUT2D eigenvalue weighted by Crippen LogP contribution is 2.26. The van der Waals surface area contributed by atoms with Crippen LogP contribution >= 0.6 is 0 Å². The minimum atomic E-state index is -0.117. The zero-order chi connectivity index (χ0) is 13.0. The first kappa shape index (κ1) is 13.5. The molecule has 3 unspecified atom stereocenters. The maximum Gasteiger partial charge on any atom is 0.112 e. The number of aromatic nitrogens is 1. The van der Waals surface area contributed by atoms with Crippen molar-refractivity contribution >= 4 is 0 Å². The van der Waals surface area contributed by atoms with Crippen LogP contribution in [0.25, 0.3) is 0 Å². The van der Waals surface area contributed by atoms with E-state index in [-0.39, 0.29) is 24.4 Å². The van der Waals surface area contributed by atoms with Gasteiger partial charge in [0, 0.05) is 12.7 Å². The van der Waals surface area contributed by atoms with Crippen LogP contribution in [0.3, 0.4) is 0 Å². The van der Waals surface area contributed by atoms with Crippen molar-refractivity contribution in [2.24, 2.45) is 5.73 Å². The number of nitrogens with two attached hydrogens (primary N) is 1. The van der Waals surface area contributed by atoms with Crippen molar-refractivity contribution in [3.63, 3.8) is 0 Å². The van der Waals surface area contributed by atoms with Crippen molar-refractivity contribution in [3.05, 3.63) is 30.1 Å². The summed E-state index contributed by atoms with van der Waals surface area (Å²) in [5.41, 5.74) is 6.70. The SMILES string of the molecule is CC1CC(OC(CN)c2ccccn2)CC(C)O1. The van der Waals surface area contributed by atoms with Crippen molar-refractivity contribution in [2.45, 2.75) is 51.1 Å². The smallest absolute Gasteiger partial charge is 0.112 e. The molecule has 4 heteroatoms. The average molecular weight is 250 g/mol. The summed E-state index contributed by atoms with van der Waals surface area (Å²) < 4.78 is 11.8. The molecule has 0 radical (unpaired) electrons. The third kappa shape index (κ3) is 3.51. The molecule has 1 aromatic heterocycles. The van der Waals surface area contributed by atoms with Crippen LogP contribution in [0, 0.1) is 0 Å². The zero-order valence-electron chi connectivity index (χ0n) is 11.1. The van der Waals surface area contributed by atoms with Gasteiger partial charge in [0.2, 0.25) is 0 Å². The molecule has 1 saturated heterocycles. The van der Waals surface area contributed by atoms with E-state index in [1.165, 1.54) is 0 Å². The van der Waals surface area contributed by atoms with E-state index in [4.69, 9.17) is 15.2 Å². The van der Waals surface area contributed by atoms with Gasteiger partial charge in [0.15, 0.2) is 0 Å². The molecule has 3 atom stereocenters. The zero-order valence-corrected chi connectivity index (χ0v) is 11.1. The molecular formula is C14H22N2O2. The van der Waals surface area contributed by atoms with E-state index in [0.29, 0.717) is 6.54 Å². The fourth-order valence-corrected chi connectivity index (χ4v) is 2.50. The third-order valence-corrected chi connectivity index (χ3v) is 3.24. The van der Waals surface area contributed by atoms with Crippen LogP contribution in [-0.2, 0) is 9.47 Å². The summed E-state index contributed by atoms with van der Waals surface area (Å²) in [6.07, 6.45) is 4.22. The molecule has 1 aromatic rings. The topological polar surface area (TPSA) is 57.4 Å². The Labute approximate surface area is 108 Å². The second-order valence-corrected chi connectivity index (χ2v) is 4.97. The second kappa shape index (κ2) is 6.27. The summed E-state index contributed by atoms with van der Waals surface area (Å²) in [6.45, 7) is 4.63. The summed E-state index contributed by atoms with van der Waals surface area (Å²) in [7, 11) is 0. The van der Waals surface area contributed by atoms with Crippen LogP contribution in [0.2, 0.25) is 0 Å². The van der Waals surface area contributed by atoms with E-state index in [0.717, 1.165) is 18.5 Å². The van der Waals surface area contributed by atoms with Crippen LogP contribution in [0.15, 0.2) is 24.4 Å². The van der Waals surface area contributed by atoms with Gasteiger partial charge in [0.05, 0.1) is 24.0 Å². The predicted octanol–water partition coefficient (Wildman–Crippen LogP) is 2.05. The van der Waals surface area contributed by atoms with Crippen LogP contribution in [0.1, 0.15) is 38.5 Å². The Kier molecular flexibility index (Phi) is 4.69. The van der Waals surface area contributed by atoms with Gasteiger partial charge in [-0.25, -0.2) is 0 Å². The molecular weight excluding hydrogens is 228 g/mol. The Balaban J connectivity index is 1.98. The monoisotopic (exact) mass is 250 g/mol. The molecule has 0 spiro atoms. The minimum absolute atomic E-state index is 0.117. The molecule has 0 aliphatic carbocycles. The molecule has 1 fully saturated rings. The van der Waals surface area contributed by atoms with Gasteiger partial charge in [0.25, 0.3) is 0 Å². The first-order chi connectivity index (χ1) is 8.69. The van der Waals surface area contributed by atoms with Crippen molar-refractivity contribution in [3.8, 4) is 0 Å². The number of rotatable bonds is 4. The van der Waals surface area contributed by atoms with Gasteiger partial charge in [-0.05, 0) is 38.8 Å². The van der Waals surface area contributed by atoms with Gasteiger partial charge in [-0.15, -0.1) is 0 Å². The molecule has 18 heavy (non-hydrogen) atoms. The molecule has 0 aromatic carbocycles. The number of ether oxygens (including phenoxy) is 2. The molecule has 0 bridgehead atoms. The molecule has 2 heterocycles. The van der Waals surface area contributed by atoms with E-state index >= 15 is 0 Å². The van der Waals surface area contributed by atoms with Gasteiger partial charge in [-0.3, -0.25) is 4.98 Å². The highest BCUT2D eigenvalue weighted by Gasteiger charge is 2.27. The van der Waals surface area contributed by atoms with E-state index < -0.39 is 0 Å². The molecule has 0 amide bonds. The van der Waals surface area contributed by atoms with Crippen molar-refractivity contribution < 1.29 is 9.47 Å². The fourth-order valence-electron chi connectivity index (χ4n) is 2.50. The summed E-state index contributed by atoms with van der Waals surface area (Å²) in [6, 6.07) is 5.82. The average Bonchev–Trinajstić information content (AvgIpc) is 2.36. The molecule has 2 N–H and O–H groups in total. The molecule has 100 valence electrons. The lowest BCUT2D eigenvalue weighted by atomic mass is 10.0. The lowest BCUT2D eigenvalue weighted by Crippen LogP contribution is -2.36. The van der Waals surface area contributed by atoms with Gasteiger partial charge >= 0.3 is 0 Å². The van der Waals surface area contributed by atoms with Crippen molar-refractivity contribution in [2.75, 3.05) is 6.54 Å². The molecule has 1 aliphatic rings. The Hall–Kier alpha value is -0.970. The number of pyridine rings is 1. The largest absolute Gasteiger partial charge is 0.375 e. The first-order valence-electron chi connectivity index (χ1n) is 6.61. The van der Waals surface area contributed by atoms with Crippen molar-refractivity contribution in [1.82, 2.24) is 4.98 Å². The molecule has 0 saturated carbocycles. The van der Waals surface area contributed by atoms with Crippen LogP contribution < -0.4 is 5.73 Å². The summed E-state index contributed by atoms with van der Waals surface area (Å²) in [5.74, 6) is 0. The Morgan fingerprint density at radius 3 is 2.67 bits per heavy atom. The maximum absolute atomic E-state index is 6.10. The van der Waals surface area contributed by atoms with E-state index in [9.17, 15) is 0 Å². The second-order valence-electron chi connectivity index (χ2n) is 4.97. The Bertz CT molecular complexity index is 348. The minimum Gasteiger partial charge on any atom is -0.375 e. The van der Waals surface area contributed by atoms with Gasteiger partial charge in [-0.1, -0.05) is 6.07 Å². The quantitative estimate of drug-likeness (QED) is 0.888. The van der Waals surface area contributed by atoms with Crippen LogP contribution in [0.4, 0.5) is 0 Å². The van der Waals surface area contributed by atoms with E-state index in [1.807, 2.05) is 18.2 Å². The molecule has 4 nitrogen and oxygen atoms in total. The lowest BCUT2D eigenvalue weighted by molar-refractivity contribution is -0.121. The Morgan fingerprint density at radius 2 is 2.11 bits per heavy atom. The van der Waals surface area contributed by atoms with Crippen LogP contribution in [0.5, 0.6) is 0 Å². The van der Waals surface area contributed by atoms with Gasteiger partial charge in [0.1, 0.15) is 6.10 Å². The molecule has 1 aliphatic heterocycles. The third-order valence-electron chi connectivity index (χ3n) is 3.24. The van der Waals surface area contributed by atoms with Crippen molar-refractivity contribution in [1.29, 1.82) is 0 Å². The lowest BCUT2D eigenvalue weighted by Gasteiger charge is -2.34. The van der Waals surface area contributed by atoms with E-state index in [2.05, 4.69) is 18.8 Å². The van der Waals surface area contributed by atoms with Crippen LogP contribution in [-0.4, -0.2) is 29.8 Å². The normalized spacial score (nSPS) is 30.1. The summed E-state index contributed by atoms with van der Waals surface area (Å²) >= 11 is 0. The summed E-state index contributed by atoms with van der Waals surface area (Å²) in [4.78, 5) is 4.32. The highest BCUT2D eigenvalue weighted by atomic mass is 16.5. The Morgan fingerprint density at radius 1 is 1.39 bits per heavy atom. The van der Waals surface area contributed by atoms with Gasteiger partial charge in [-0.2, -0.15) is 0 Å². The standard InChI is InChI=1S/C14H22N2O2/c1-10-7-12(8-11(2)17-10)18-14(9-15)13-5-3-4-6-16-13/h3-6,10-12,14H,7-9,15H2,1-2H3. The summed E-state index contributed by atoms with van der Waals surface area (Å²) in [5, 5.41) is 0. The first-order valence-corrected chi connectivity index (χ1v) is 6.61.